The van der Waals surface area contributed by atoms with Gasteiger partial charge in [0.2, 0.25) is 5.88 Å². The van der Waals surface area contributed by atoms with Crippen LogP contribution in [-0.2, 0) is 19.0 Å². The molecule has 37 heavy (non-hydrogen) atoms. The molecule has 0 radical (unpaired) electrons. The fourth-order valence-electron chi connectivity index (χ4n) is 4.32. The number of aromatic nitrogens is 3. The van der Waals surface area contributed by atoms with Crippen molar-refractivity contribution in [3.05, 3.63) is 76.7 Å². The Morgan fingerprint density at radius 2 is 1.97 bits per heavy atom. The molecule has 1 aliphatic carbocycles. The molecule has 2 aliphatic rings. The maximum absolute atomic E-state index is 12.9. The van der Waals surface area contributed by atoms with Gasteiger partial charge in [-0.3, -0.25) is 4.79 Å². The Morgan fingerprint density at radius 3 is 2.70 bits per heavy atom. The Hall–Kier alpha value is -3.40. The monoisotopic (exact) mass is 543 g/mol. The van der Waals surface area contributed by atoms with Gasteiger partial charge in [0, 0.05) is 22.7 Å². The van der Waals surface area contributed by atoms with E-state index in [2.05, 4.69) is 9.97 Å². The summed E-state index contributed by atoms with van der Waals surface area (Å²) in [6.45, 7) is -0.111. The summed E-state index contributed by atoms with van der Waals surface area (Å²) >= 11 is 11.9. The lowest BCUT2D eigenvalue weighted by Gasteiger charge is -2.21. The van der Waals surface area contributed by atoms with Crippen LogP contribution in [0.3, 0.4) is 0 Å². The smallest absolute Gasteiger partial charge is 0.338 e. The molecule has 0 bridgehead atoms. The van der Waals surface area contributed by atoms with Crippen molar-refractivity contribution in [1.29, 1.82) is 0 Å². The minimum atomic E-state index is -0.696. The summed E-state index contributed by atoms with van der Waals surface area (Å²) in [6, 6.07) is 8.20. The molecule has 0 spiro atoms. The van der Waals surface area contributed by atoms with Gasteiger partial charge < -0.3 is 23.5 Å². The molecule has 1 aromatic carbocycles. The van der Waals surface area contributed by atoms with Gasteiger partial charge in [0.15, 0.2) is 0 Å². The fraction of sp³-hybridized carbons (Fsp3) is 0.308. The zero-order valence-electron chi connectivity index (χ0n) is 19.8. The van der Waals surface area contributed by atoms with Gasteiger partial charge in [-0.2, -0.15) is 0 Å². The maximum atomic E-state index is 12.9. The van der Waals surface area contributed by atoms with Crippen molar-refractivity contribution >= 4 is 46.2 Å². The van der Waals surface area contributed by atoms with E-state index in [0.29, 0.717) is 40.0 Å². The van der Waals surface area contributed by atoms with E-state index in [-0.39, 0.29) is 6.61 Å². The van der Waals surface area contributed by atoms with Crippen LogP contribution in [-0.4, -0.2) is 52.4 Å². The third kappa shape index (κ3) is 5.49. The molecular formula is C26H23Cl2N3O6. The van der Waals surface area contributed by atoms with Crippen LogP contribution in [0.15, 0.2) is 66.1 Å². The van der Waals surface area contributed by atoms with Gasteiger partial charge >= 0.3 is 11.9 Å². The van der Waals surface area contributed by atoms with E-state index in [4.69, 9.17) is 42.1 Å². The molecule has 11 heteroatoms. The molecular weight excluding hydrogens is 521 g/mol. The van der Waals surface area contributed by atoms with E-state index >= 15 is 0 Å². The van der Waals surface area contributed by atoms with E-state index in [9.17, 15) is 9.59 Å². The number of nitrogens with zero attached hydrogens (tertiary/aromatic N) is 3. The van der Waals surface area contributed by atoms with Crippen molar-refractivity contribution < 1.29 is 28.5 Å². The lowest BCUT2D eigenvalue weighted by atomic mass is 10.0. The number of methoxy groups -OCH3 is 1. The molecule has 3 unspecified atom stereocenters. The second kappa shape index (κ2) is 10.9. The highest BCUT2D eigenvalue weighted by atomic mass is 35.5. The summed E-state index contributed by atoms with van der Waals surface area (Å²) in [5.41, 5.74) is 0.958. The van der Waals surface area contributed by atoms with Crippen LogP contribution in [0.4, 0.5) is 0 Å². The minimum Gasteiger partial charge on any atom is -0.480 e. The number of hydrogen-bond donors (Lipinski definition) is 0. The second-order valence-electron chi connectivity index (χ2n) is 8.58. The first-order valence-corrected chi connectivity index (χ1v) is 12.4. The molecule has 3 aromatic rings. The summed E-state index contributed by atoms with van der Waals surface area (Å²) in [7, 11) is 1.54. The Balaban J connectivity index is 1.34. The standard InChI is InChI=1S/C26H23Cl2N3O6/c1-34-24-19-10-11-31(23(19)29-14-30-24)22-12-20(37-26(33)16-4-8-18(28)9-5-16)21(36-22)13-35-25(32)15-2-6-17(27)7-3-15/h2-4,6-11,14,16,20-22H,5,12-13H2,1H3/t16?,20?,21?,22-/m1/s1. The van der Waals surface area contributed by atoms with E-state index in [1.165, 1.54) is 13.4 Å². The topological polar surface area (TPSA) is 102 Å². The zero-order valence-corrected chi connectivity index (χ0v) is 21.3. The third-order valence-corrected chi connectivity index (χ3v) is 6.77. The van der Waals surface area contributed by atoms with E-state index < -0.39 is 36.3 Å². The van der Waals surface area contributed by atoms with Crippen molar-refractivity contribution in [2.45, 2.75) is 31.3 Å². The highest BCUT2D eigenvalue weighted by Crippen LogP contribution is 2.35. The van der Waals surface area contributed by atoms with Crippen molar-refractivity contribution in [2.75, 3.05) is 13.7 Å². The van der Waals surface area contributed by atoms with Crippen molar-refractivity contribution in [1.82, 2.24) is 14.5 Å². The number of carbonyl (C=O) groups excluding carboxylic acids is 2. The number of halogens is 2. The molecule has 2 aromatic heterocycles. The van der Waals surface area contributed by atoms with Crippen LogP contribution in [0.5, 0.6) is 5.88 Å². The van der Waals surface area contributed by atoms with Crippen LogP contribution in [0, 0.1) is 5.92 Å². The second-order valence-corrected chi connectivity index (χ2v) is 9.45. The summed E-state index contributed by atoms with van der Waals surface area (Å²) in [4.78, 5) is 34.0. The Kier molecular flexibility index (Phi) is 7.45. The molecule has 1 saturated heterocycles. The Morgan fingerprint density at radius 1 is 1.16 bits per heavy atom. The van der Waals surface area contributed by atoms with Crippen LogP contribution in [0.1, 0.15) is 29.4 Å². The van der Waals surface area contributed by atoms with Gasteiger partial charge in [0.05, 0.1) is 24.0 Å². The molecule has 3 heterocycles. The van der Waals surface area contributed by atoms with Crippen molar-refractivity contribution in [3.63, 3.8) is 0 Å². The normalized spacial score (nSPS) is 23.1. The number of benzene rings is 1. The number of rotatable bonds is 7. The zero-order chi connectivity index (χ0) is 25.9. The molecule has 192 valence electrons. The maximum Gasteiger partial charge on any atom is 0.338 e. The molecule has 4 atom stereocenters. The van der Waals surface area contributed by atoms with Crippen LogP contribution >= 0.6 is 23.2 Å². The predicted molar refractivity (Wildman–Crippen MR) is 135 cm³/mol. The predicted octanol–water partition coefficient (Wildman–Crippen LogP) is 4.85. The summed E-state index contributed by atoms with van der Waals surface area (Å²) < 4.78 is 24.8. The van der Waals surface area contributed by atoms with Crippen molar-refractivity contribution in [2.24, 2.45) is 5.92 Å². The number of fused-ring (bicyclic) bond motifs is 1. The molecule has 9 nitrogen and oxygen atoms in total. The third-order valence-electron chi connectivity index (χ3n) is 6.24. The van der Waals surface area contributed by atoms with E-state index in [1.807, 2.05) is 16.8 Å². The first-order valence-electron chi connectivity index (χ1n) is 11.6. The Bertz CT molecular complexity index is 1370. The Labute approximate surface area is 222 Å². The number of hydrogen-bond acceptors (Lipinski definition) is 8. The molecule has 1 aliphatic heterocycles. The summed E-state index contributed by atoms with van der Waals surface area (Å²) in [6.07, 6.45) is 7.28. The highest BCUT2D eigenvalue weighted by molar-refractivity contribution is 6.31. The molecule has 1 fully saturated rings. The first-order chi connectivity index (χ1) is 17.9. The highest BCUT2D eigenvalue weighted by Gasteiger charge is 2.41. The number of allylic oxidation sites excluding steroid dienone is 3. The van der Waals surface area contributed by atoms with Gasteiger partial charge in [-0.25, -0.2) is 14.8 Å². The van der Waals surface area contributed by atoms with Gasteiger partial charge in [0.1, 0.15) is 37.0 Å². The lowest BCUT2D eigenvalue weighted by molar-refractivity contribution is -0.156. The fourth-order valence-corrected chi connectivity index (χ4v) is 4.61. The lowest BCUT2D eigenvalue weighted by Crippen LogP contribution is -2.34. The SMILES string of the molecule is COc1ncnc2c1ccn2[C@H]1CC(OC(=O)C2C=CC(Cl)=CC2)C(COC(=O)c2ccc(Cl)cc2)O1. The van der Waals surface area contributed by atoms with E-state index in [1.54, 1.807) is 42.5 Å². The van der Waals surface area contributed by atoms with Crippen LogP contribution in [0.2, 0.25) is 5.02 Å². The largest absolute Gasteiger partial charge is 0.480 e. The van der Waals surface area contributed by atoms with Crippen molar-refractivity contribution in [3.8, 4) is 5.88 Å². The first kappa shape index (κ1) is 25.3. The quantitative estimate of drug-likeness (QED) is 0.389. The van der Waals surface area contributed by atoms with E-state index in [0.717, 1.165) is 5.39 Å². The molecule has 0 N–H and O–H groups in total. The van der Waals surface area contributed by atoms with Gasteiger partial charge in [0.25, 0.3) is 0 Å². The van der Waals surface area contributed by atoms with Gasteiger partial charge in [-0.1, -0.05) is 35.4 Å². The minimum absolute atomic E-state index is 0.111. The molecule has 0 saturated carbocycles. The van der Waals surface area contributed by atoms with Crippen LogP contribution < -0.4 is 4.74 Å². The average molecular weight is 544 g/mol. The average Bonchev–Trinajstić information content (AvgIpc) is 3.52. The number of esters is 2. The number of ether oxygens (including phenoxy) is 4. The summed E-state index contributed by atoms with van der Waals surface area (Å²) in [5.74, 6) is -0.953. The molecule has 5 rings (SSSR count). The summed E-state index contributed by atoms with van der Waals surface area (Å²) in [5, 5.41) is 1.81. The molecule has 0 amide bonds. The van der Waals surface area contributed by atoms with Gasteiger partial charge in [-0.15, -0.1) is 0 Å². The van der Waals surface area contributed by atoms with Crippen LogP contribution in [0.25, 0.3) is 11.0 Å². The number of carbonyl (C=O) groups is 2. The van der Waals surface area contributed by atoms with Gasteiger partial charge in [-0.05, 0) is 42.8 Å².